The number of carbonyl (C=O) groups excluding carboxylic acids is 2. The van der Waals surface area contributed by atoms with Crippen molar-refractivity contribution in [2.75, 3.05) is 0 Å². The lowest BCUT2D eigenvalue weighted by Gasteiger charge is -2.34. The van der Waals surface area contributed by atoms with Crippen molar-refractivity contribution in [2.24, 2.45) is 0 Å². The molecule has 0 spiro atoms. The number of nitrogens with zero attached hydrogens (tertiary/aromatic N) is 1. The van der Waals surface area contributed by atoms with Crippen molar-refractivity contribution < 1.29 is 9.59 Å². The van der Waals surface area contributed by atoms with Crippen LogP contribution in [0.3, 0.4) is 0 Å². The van der Waals surface area contributed by atoms with Crippen LogP contribution in [0.15, 0.2) is 54.6 Å². The summed E-state index contributed by atoms with van der Waals surface area (Å²) in [5.74, 6) is -0.139. The fraction of sp³-hybridized carbons (Fsp3) is 0.417. The molecule has 0 aromatic heterocycles. The third kappa shape index (κ3) is 6.22. The van der Waals surface area contributed by atoms with E-state index in [1.807, 2.05) is 89.2 Å². The zero-order chi connectivity index (χ0) is 20.7. The largest absolute Gasteiger partial charge is 0.350 e. The van der Waals surface area contributed by atoms with Gasteiger partial charge in [-0.1, -0.05) is 61.5 Å². The SMILES string of the molecule is CCC(=O)N(Cc1ccccc1C)[C@H](Cc1ccccc1)C(=O)NC(C)(C)C. The quantitative estimate of drug-likeness (QED) is 0.780. The number of aryl methyl sites for hydroxylation is 1. The maximum absolute atomic E-state index is 13.2. The molecular weight excluding hydrogens is 348 g/mol. The van der Waals surface area contributed by atoms with E-state index in [2.05, 4.69) is 5.32 Å². The molecule has 0 bridgehead atoms. The Morgan fingerprint density at radius 1 is 1.00 bits per heavy atom. The molecule has 0 aliphatic heterocycles. The lowest BCUT2D eigenvalue weighted by atomic mass is 9.99. The first-order valence-corrected chi connectivity index (χ1v) is 9.91. The second-order valence-corrected chi connectivity index (χ2v) is 8.25. The van der Waals surface area contributed by atoms with Crippen LogP contribution >= 0.6 is 0 Å². The Morgan fingerprint density at radius 3 is 2.18 bits per heavy atom. The Kier molecular flexibility index (Phi) is 7.38. The van der Waals surface area contributed by atoms with Crippen molar-refractivity contribution in [1.82, 2.24) is 10.2 Å². The van der Waals surface area contributed by atoms with Gasteiger partial charge in [-0.25, -0.2) is 0 Å². The van der Waals surface area contributed by atoms with Crippen LogP contribution in [-0.2, 0) is 22.6 Å². The summed E-state index contributed by atoms with van der Waals surface area (Å²) in [6.45, 7) is 10.2. The van der Waals surface area contributed by atoms with E-state index in [9.17, 15) is 9.59 Å². The van der Waals surface area contributed by atoms with E-state index >= 15 is 0 Å². The first-order chi connectivity index (χ1) is 13.2. The number of rotatable bonds is 7. The summed E-state index contributed by atoms with van der Waals surface area (Å²) in [4.78, 5) is 27.8. The highest BCUT2D eigenvalue weighted by Crippen LogP contribution is 2.18. The Bertz CT molecular complexity index is 794. The van der Waals surface area contributed by atoms with Crippen molar-refractivity contribution in [2.45, 2.75) is 65.6 Å². The van der Waals surface area contributed by atoms with Gasteiger partial charge in [0.2, 0.25) is 11.8 Å². The van der Waals surface area contributed by atoms with Gasteiger partial charge in [0, 0.05) is 24.9 Å². The maximum Gasteiger partial charge on any atom is 0.243 e. The summed E-state index contributed by atoms with van der Waals surface area (Å²) in [7, 11) is 0. The molecule has 2 rings (SSSR count). The predicted octanol–water partition coefficient (Wildman–Crippen LogP) is 4.26. The number of hydrogen-bond acceptors (Lipinski definition) is 2. The lowest BCUT2D eigenvalue weighted by Crippen LogP contribution is -2.54. The Morgan fingerprint density at radius 2 is 1.61 bits per heavy atom. The molecule has 1 atom stereocenters. The number of benzene rings is 2. The van der Waals surface area contributed by atoms with Crippen LogP contribution < -0.4 is 5.32 Å². The zero-order valence-corrected chi connectivity index (χ0v) is 17.7. The molecule has 0 radical (unpaired) electrons. The van der Waals surface area contributed by atoms with Gasteiger partial charge in [0.25, 0.3) is 0 Å². The first kappa shape index (κ1) is 21.7. The fourth-order valence-electron chi connectivity index (χ4n) is 3.18. The molecule has 150 valence electrons. The van der Waals surface area contributed by atoms with Crippen LogP contribution in [0.1, 0.15) is 50.8 Å². The number of hydrogen-bond donors (Lipinski definition) is 1. The molecule has 2 aromatic carbocycles. The zero-order valence-electron chi connectivity index (χ0n) is 17.7. The molecule has 2 amide bonds. The van der Waals surface area contributed by atoms with Crippen molar-refractivity contribution in [3.8, 4) is 0 Å². The Hall–Kier alpha value is -2.62. The molecule has 0 fully saturated rings. The molecule has 0 aliphatic carbocycles. The molecule has 28 heavy (non-hydrogen) atoms. The molecule has 0 unspecified atom stereocenters. The van der Waals surface area contributed by atoms with Gasteiger partial charge in [0.1, 0.15) is 6.04 Å². The molecule has 4 heteroatoms. The summed E-state index contributed by atoms with van der Waals surface area (Å²) in [5.41, 5.74) is 2.85. The van der Waals surface area contributed by atoms with E-state index in [1.54, 1.807) is 4.90 Å². The van der Waals surface area contributed by atoms with Gasteiger partial charge in [-0.2, -0.15) is 0 Å². The molecule has 4 nitrogen and oxygen atoms in total. The Balaban J connectivity index is 2.40. The van der Waals surface area contributed by atoms with Crippen molar-refractivity contribution >= 4 is 11.8 Å². The molecule has 2 aromatic rings. The lowest BCUT2D eigenvalue weighted by molar-refractivity contribution is -0.141. The van der Waals surface area contributed by atoms with E-state index in [1.165, 1.54) is 0 Å². The first-order valence-electron chi connectivity index (χ1n) is 9.91. The standard InChI is InChI=1S/C24H32N2O2/c1-6-22(27)26(17-20-15-11-10-12-18(20)2)21(23(28)25-24(3,4)5)16-19-13-8-7-9-14-19/h7-15,21H,6,16-17H2,1-5H3,(H,25,28)/t21-/m1/s1. The second kappa shape index (κ2) is 9.54. The topological polar surface area (TPSA) is 49.4 Å². The van der Waals surface area contributed by atoms with Gasteiger partial charge in [-0.05, 0) is 44.4 Å². The van der Waals surface area contributed by atoms with Gasteiger partial charge in [0.05, 0.1) is 0 Å². The molecular formula is C24H32N2O2. The molecule has 0 saturated heterocycles. The van der Waals surface area contributed by atoms with Crippen LogP contribution in [-0.4, -0.2) is 28.3 Å². The summed E-state index contributed by atoms with van der Waals surface area (Å²) in [5, 5.41) is 3.07. The van der Waals surface area contributed by atoms with Crippen LogP contribution in [0, 0.1) is 6.92 Å². The smallest absolute Gasteiger partial charge is 0.243 e. The molecule has 0 heterocycles. The van der Waals surface area contributed by atoms with E-state index < -0.39 is 6.04 Å². The fourth-order valence-corrected chi connectivity index (χ4v) is 3.18. The number of nitrogens with one attached hydrogen (secondary N) is 1. The molecule has 0 aliphatic rings. The van der Waals surface area contributed by atoms with Gasteiger partial charge in [-0.3, -0.25) is 9.59 Å². The molecule has 0 saturated carbocycles. The highest BCUT2D eigenvalue weighted by Gasteiger charge is 2.31. The van der Waals surface area contributed by atoms with Gasteiger partial charge in [-0.15, -0.1) is 0 Å². The summed E-state index contributed by atoms with van der Waals surface area (Å²) in [6.07, 6.45) is 0.848. The average molecular weight is 381 g/mol. The minimum absolute atomic E-state index is 0.0201. The normalized spacial score (nSPS) is 12.3. The van der Waals surface area contributed by atoms with Crippen LogP contribution in [0.4, 0.5) is 0 Å². The number of carbonyl (C=O) groups is 2. The van der Waals surface area contributed by atoms with Crippen molar-refractivity contribution in [1.29, 1.82) is 0 Å². The summed E-state index contributed by atoms with van der Waals surface area (Å²) < 4.78 is 0. The summed E-state index contributed by atoms with van der Waals surface area (Å²) in [6, 6.07) is 17.3. The van der Waals surface area contributed by atoms with Crippen molar-refractivity contribution in [3.05, 3.63) is 71.3 Å². The molecule has 1 N–H and O–H groups in total. The van der Waals surface area contributed by atoms with Gasteiger partial charge >= 0.3 is 0 Å². The third-order valence-electron chi connectivity index (χ3n) is 4.67. The van der Waals surface area contributed by atoms with Crippen LogP contribution in [0.5, 0.6) is 0 Å². The monoisotopic (exact) mass is 380 g/mol. The second-order valence-electron chi connectivity index (χ2n) is 8.25. The van der Waals surface area contributed by atoms with E-state index in [0.717, 1.165) is 16.7 Å². The predicted molar refractivity (Wildman–Crippen MR) is 114 cm³/mol. The van der Waals surface area contributed by atoms with Crippen molar-refractivity contribution in [3.63, 3.8) is 0 Å². The van der Waals surface area contributed by atoms with E-state index in [0.29, 0.717) is 19.4 Å². The highest BCUT2D eigenvalue weighted by molar-refractivity contribution is 5.88. The summed E-state index contributed by atoms with van der Waals surface area (Å²) >= 11 is 0. The third-order valence-corrected chi connectivity index (χ3v) is 4.67. The van der Waals surface area contributed by atoms with Gasteiger partial charge < -0.3 is 10.2 Å². The Labute approximate surface area is 169 Å². The van der Waals surface area contributed by atoms with Gasteiger partial charge in [0.15, 0.2) is 0 Å². The average Bonchev–Trinajstić information content (AvgIpc) is 2.64. The maximum atomic E-state index is 13.2. The van der Waals surface area contributed by atoms with Crippen LogP contribution in [0.2, 0.25) is 0 Å². The van der Waals surface area contributed by atoms with E-state index in [4.69, 9.17) is 0 Å². The minimum Gasteiger partial charge on any atom is -0.350 e. The van der Waals surface area contributed by atoms with E-state index in [-0.39, 0.29) is 17.4 Å². The van der Waals surface area contributed by atoms with Crippen LogP contribution in [0.25, 0.3) is 0 Å². The number of amides is 2. The minimum atomic E-state index is -0.561. The highest BCUT2D eigenvalue weighted by atomic mass is 16.2.